The molecule has 1 rings (SSSR count). The predicted molar refractivity (Wildman–Crippen MR) is 62.5 cm³/mol. The topological polar surface area (TPSA) is 57.5 Å². The lowest BCUT2D eigenvalue weighted by Gasteiger charge is -2.30. The van der Waals surface area contributed by atoms with Gasteiger partial charge in [0.15, 0.2) is 0 Å². The number of carbonyl (C=O) groups is 1. The van der Waals surface area contributed by atoms with Crippen LogP contribution in [0.3, 0.4) is 0 Å². The zero-order valence-electron chi connectivity index (χ0n) is 10.5. The van der Waals surface area contributed by atoms with Gasteiger partial charge in [0.2, 0.25) is 15.9 Å². The van der Waals surface area contributed by atoms with E-state index < -0.39 is 16.1 Å². The molecule has 0 bridgehead atoms. The van der Waals surface area contributed by atoms with Crippen LogP contribution in [0.1, 0.15) is 27.7 Å². The van der Waals surface area contributed by atoms with Gasteiger partial charge in [0.05, 0.1) is 6.26 Å². The number of rotatable bonds is 4. The summed E-state index contributed by atoms with van der Waals surface area (Å²) in [5.41, 5.74) is 0. The molecule has 0 spiro atoms. The Morgan fingerprint density at radius 2 is 1.69 bits per heavy atom. The van der Waals surface area contributed by atoms with Gasteiger partial charge < -0.3 is 4.90 Å². The number of carbonyl (C=O) groups excluding carboxylic acids is 1. The van der Waals surface area contributed by atoms with E-state index in [1.54, 1.807) is 4.90 Å². The molecule has 1 aliphatic heterocycles. The van der Waals surface area contributed by atoms with Crippen molar-refractivity contribution in [3.8, 4) is 0 Å². The molecule has 6 heteroatoms. The van der Waals surface area contributed by atoms with Gasteiger partial charge in [-0.15, -0.1) is 0 Å². The van der Waals surface area contributed by atoms with Crippen LogP contribution in [-0.4, -0.2) is 54.5 Å². The fraction of sp³-hybridized carbons (Fsp3) is 0.900. The maximum Gasteiger partial charge on any atom is 0.242 e. The molecule has 5 nitrogen and oxygen atoms in total. The molecule has 1 aliphatic rings. The van der Waals surface area contributed by atoms with E-state index in [-0.39, 0.29) is 18.0 Å². The standard InChI is InChI=1S/C10H20N2O3S/c1-7(2)12(8(3)4)10(13)9-6-11(9)16(5,14)15/h7-9H,6H2,1-5H3. The number of nitrogens with zero attached hydrogens (tertiary/aromatic N) is 2. The van der Waals surface area contributed by atoms with Crippen LogP contribution in [0, 0.1) is 0 Å². The lowest BCUT2D eigenvalue weighted by molar-refractivity contribution is -0.134. The molecule has 1 saturated heterocycles. The molecule has 16 heavy (non-hydrogen) atoms. The third-order valence-electron chi connectivity index (χ3n) is 2.65. The molecule has 1 amide bonds. The average Bonchev–Trinajstić information content (AvgIpc) is 2.78. The summed E-state index contributed by atoms with van der Waals surface area (Å²) < 4.78 is 23.7. The molecule has 0 aliphatic carbocycles. The normalized spacial score (nSPS) is 24.9. The molecular weight excluding hydrogens is 228 g/mol. The monoisotopic (exact) mass is 248 g/mol. The highest BCUT2D eigenvalue weighted by molar-refractivity contribution is 7.88. The van der Waals surface area contributed by atoms with Crippen LogP contribution in [-0.2, 0) is 14.8 Å². The van der Waals surface area contributed by atoms with E-state index in [9.17, 15) is 13.2 Å². The first kappa shape index (κ1) is 13.4. The van der Waals surface area contributed by atoms with Crippen molar-refractivity contribution in [3.05, 3.63) is 0 Å². The summed E-state index contributed by atoms with van der Waals surface area (Å²) >= 11 is 0. The fourth-order valence-electron chi connectivity index (χ4n) is 1.97. The number of hydrogen-bond acceptors (Lipinski definition) is 3. The van der Waals surface area contributed by atoms with Crippen molar-refractivity contribution in [1.29, 1.82) is 0 Å². The lowest BCUT2D eigenvalue weighted by Crippen LogP contribution is -2.45. The highest BCUT2D eigenvalue weighted by atomic mass is 32.2. The number of sulfonamides is 1. The SMILES string of the molecule is CC(C)N(C(=O)C1CN1S(C)(=O)=O)C(C)C. The first-order valence-corrected chi connectivity index (χ1v) is 7.30. The molecule has 2 atom stereocenters. The van der Waals surface area contributed by atoms with Crippen LogP contribution in [0.4, 0.5) is 0 Å². The molecule has 0 radical (unpaired) electrons. The van der Waals surface area contributed by atoms with Gasteiger partial charge in [0.1, 0.15) is 6.04 Å². The minimum atomic E-state index is -3.22. The minimum absolute atomic E-state index is 0.0876. The van der Waals surface area contributed by atoms with Crippen LogP contribution in [0.25, 0.3) is 0 Å². The first-order chi connectivity index (χ1) is 7.16. The van der Waals surface area contributed by atoms with E-state index in [4.69, 9.17) is 0 Å². The smallest absolute Gasteiger partial charge is 0.242 e. The third-order valence-corrected chi connectivity index (χ3v) is 3.90. The van der Waals surface area contributed by atoms with Gasteiger partial charge >= 0.3 is 0 Å². The highest BCUT2D eigenvalue weighted by Gasteiger charge is 2.49. The quantitative estimate of drug-likeness (QED) is 0.671. The second-order valence-electron chi connectivity index (χ2n) is 4.78. The summed E-state index contributed by atoms with van der Waals surface area (Å²) in [4.78, 5) is 13.8. The van der Waals surface area contributed by atoms with Gasteiger partial charge in [-0.1, -0.05) is 0 Å². The highest BCUT2D eigenvalue weighted by Crippen LogP contribution is 2.25. The average molecular weight is 248 g/mol. The summed E-state index contributed by atoms with van der Waals surface area (Å²) in [6.45, 7) is 8.07. The van der Waals surface area contributed by atoms with Gasteiger partial charge in [-0.3, -0.25) is 4.79 Å². The molecule has 0 aromatic heterocycles. The van der Waals surface area contributed by atoms with Gasteiger partial charge in [-0.2, -0.15) is 4.31 Å². The van der Waals surface area contributed by atoms with Gasteiger partial charge in [0.25, 0.3) is 0 Å². The Kier molecular flexibility index (Phi) is 3.64. The predicted octanol–water partition coefficient (Wildman–Crippen LogP) is 0.276. The van der Waals surface area contributed by atoms with Crippen molar-refractivity contribution in [2.45, 2.75) is 45.8 Å². The zero-order chi connectivity index (χ0) is 12.7. The second kappa shape index (κ2) is 4.33. The van der Waals surface area contributed by atoms with Crippen molar-refractivity contribution in [2.75, 3.05) is 12.8 Å². The molecule has 1 fully saturated rings. The summed E-state index contributed by atoms with van der Waals surface area (Å²) in [7, 11) is -3.22. The van der Waals surface area contributed by atoms with Crippen LogP contribution < -0.4 is 0 Å². The summed E-state index contributed by atoms with van der Waals surface area (Å²) in [6.07, 6.45) is 1.13. The maximum absolute atomic E-state index is 12.1. The number of amides is 1. The van der Waals surface area contributed by atoms with Crippen LogP contribution in [0.15, 0.2) is 0 Å². The molecule has 0 saturated carbocycles. The van der Waals surface area contributed by atoms with E-state index in [1.165, 1.54) is 4.31 Å². The Morgan fingerprint density at radius 3 is 1.94 bits per heavy atom. The van der Waals surface area contributed by atoms with E-state index in [1.807, 2.05) is 27.7 Å². The van der Waals surface area contributed by atoms with Crippen molar-refractivity contribution < 1.29 is 13.2 Å². The molecule has 0 N–H and O–H groups in total. The van der Waals surface area contributed by atoms with Gasteiger partial charge in [-0.25, -0.2) is 8.42 Å². The first-order valence-electron chi connectivity index (χ1n) is 5.45. The van der Waals surface area contributed by atoms with Crippen molar-refractivity contribution >= 4 is 15.9 Å². The molecule has 2 unspecified atom stereocenters. The van der Waals surface area contributed by atoms with Crippen molar-refractivity contribution in [2.24, 2.45) is 0 Å². The zero-order valence-corrected chi connectivity index (χ0v) is 11.3. The van der Waals surface area contributed by atoms with Gasteiger partial charge in [0, 0.05) is 18.6 Å². The fourth-order valence-corrected chi connectivity index (χ4v) is 2.93. The Labute approximate surface area is 97.5 Å². The summed E-state index contributed by atoms with van der Waals surface area (Å²) in [5.74, 6) is -0.0876. The molecule has 0 aromatic carbocycles. The number of hydrogen-bond donors (Lipinski definition) is 0. The molecule has 0 aromatic rings. The van der Waals surface area contributed by atoms with Crippen molar-refractivity contribution in [1.82, 2.24) is 9.21 Å². The molecule has 94 valence electrons. The van der Waals surface area contributed by atoms with Gasteiger partial charge in [-0.05, 0) is 27.7 Å². The van der Waals surface area contributed by atoms with Crippen LogP contribution in [0.2, 0.25) is 0 Å². The maximum atomic E-state index is 12.1. The minimum Gasteiger partial charge on any atom is -0.336 e. The Morgan fingerprint density at radius 1 is 1.25 bits per heavy atom. The van der Waals surface area contributed by atoms with Crippen molar-refractivity contribution in [3.63, 3.8) is 0 Å². The van der Waals surface area contributed by atoms with Crippen LogP contribution >= 0.6 is 0 Å². The van der Waals surface area contributed by atoms with Crippen LogP contribution in [0.5, 0.6) is 0 Å². The lowest BCUT2D eigenvalue weighted by atomic mass is 10.2. The Hall–Kier alpha value is -0.620. The summed E-state index contributed by atoms with van der Waals surface area (Å²) in [6, 6.07) is -0.288. The Balaban J connectivity index is 2.74. The summed E-state index contributed by atoms with van der Waals surface area (Å²) in [5, 5.41) is 0. The Bertz CT molecular complexity index is 368. The van der Waals surface area contributed by atoms with E-state index in [2.05, 4.69) is 0 Å². The molecular formula is C10H20N2O3S. The third kappa shape index (κ3) is 2.74. The van der Waals surface area contributed by atoms with E-state index in [0.29, 0.717) is 6.54 Å². The largest absolute Gasteiger partial charge is 0.336 e. The van der Waals surface area contributed by atoms with E-state index >= 15 is 0 Å². The molecule has 1 heterocycles. The second-order valence-corrected chi connectivity index (χ2v) is 6.72. The van der Waals surface area contributed by atoms with E-state index in [0.717, 1.165) is 6.26 Å².